The number of ether oxygens (including phenoxy) is 1. The van der Waals surface area contributed by atoms with Crippen LogP contribution in [0.25, 0.3) is 0 Å². The third-order valence-electron chi connectivity index (χ3n) is 3.81. The lowest BCUT2D eigenvalue weighted by Gasteiger charge is -2.16. The van der Waals surface area contributed by atoms with Crippen molar-refractivity contribution in [3.8, 4) is 0 Å². The fourth-order valence-corrected chi connectivity index (χ4v) is 2.68. The van der Waals surface area contributed by atoms with Gasteiger partial charge in [-0.05, 0) is 18.9 Å². The van der Waals surface area contributed by atoms with Crippen molar-refractivity contribution in [3.05, 3.63) is 59.7 Å². The first-order chi connectivity index (χ1) is 8.69. The Morgan fingerprint density at radius 1 is 1.28 bits per heavy atom. The van der Waals surface area contributed by atoms with Gasteiger partial charge in [-0.3, -0.25) is 0 Å². The quantitative estimate of drug-likeness (QED) is 0.556. The molecule has 2 nitrogen and oxygen atoms in total. The summed E-state index contributed by atoms with van der Waals surface area (Å²) in [5, 5.41) is 0. The first-order valence-electron chi connectivity index (χ1n) is 6.31. The minimum Gasteiger partial charge on any atom is -0.461 e. The molecule has 2 heteroatoms. The molecule has 2 atom stereocenters. The van der Waals surface area contributed by atoms with Crippen molar-refractivity contribution < 1.29 is 9.53 Å². The summed E-state index contributed by atoms with van der Waals surface area (Å²) in [6.45, 7) is 2.53. The smallest absolute Gasteiger partial charge is 0.334 e. The minimum atomic E-state index is -0.236. The maximum Gasteiger partial charge on any atom is 0.334 e. The van der Waals surface area contributed by atoms with Gasteiger partial charge in [0.15, 0.2) is 0 Å². The molecule has 0 spiro atoms. The molecule has 0 radical (unpaired) electrons. The van der Waals surface area contributed by atoms with Gasteiger partial charge in [0.1, 0.15) is 6.61 Å². The van der Waals surface area contributed by atoms with E-state index in [9.17, 15) is 4.79 Å². The summed E-state index contributed by atoms with van der Waals surface area (Å²) in [5.41, 5.74) is 1.82. The first-order valence-corrected chi connectivity index (χ1v) is 6.31. The summed E-state index contributed by atoms with van der Waals surface area (Å²) < 4.78 is 5.18. The van der Waals surface area contributed by atoms with Gasteiger partial charge in [-0.25, -0.2) is 4.79 Å². The monoisotopic (exact) mass is 240 g/mol. The number of rotatable bonds is 1. The van der Waals surface area contributed by atoms with Crippen LogP contribution in [0.4, 0.5) is 0 Å². The van der Waals surface area contributed by atoms with E-state index in [2.05, 4.69) is 37.3 Å². The van der Waals surface area contributed by atoms with Crippen LogP contribution < -0.4 is 0 Å². The largest absolute Gasteiger partial charge is 0.461 e. The number of carbonyl (C=O) groups is 1. The van der Waals surface area contributed by atoms with Crippen LogP contribution >= 0.6 is 0 Å². The molecule has 0 aromatic heterocycles. The molecule has 0 bridgehead atoms. The summed E-state index contributed by atoms with van der Waals surface area (Å²) in [7, 11) is 0. The van der Waals surface area contributed by atoms with Crippen molar-refractivity contribution in [2.75, 3.05) is 6.61 Å². The summed E-state index contributed by atoms with van der Waals surface area (Å²) >= 11 is 0. The normalized spacial score (nSPS) is 30.4. The SMILES string of the molecule is C[C@]12C=CC[C@@H](c3ccccc3)C=C1C(=O)OC2. The molecule has 1 saturated heterocycles. The minimum absolute atomic E-state index is 0.162. The number of benzene rings is 1. The van der Waals surface area contributed by atoms with E-state index in [0.29, 0.717) is 6.61 Å². The summed E-state index contributed by atoms with van der Waals surface area (Å²) in [5.74, 6) is 0.106. The van der Waals surface area contributed by atoms with Gasteiger partial charge in [0, 0.05) is 11.5 Å². The lowest BCUT2D eigenvalue weighted by molar-refractivity contribution is -0.135. The third-order valence-corrected chi connectivity index (χ3v) is 3.81. The van der Waals surface area contributed by atoms with Gasteiger partial charge >= 0.3 is 5.97 Å². The Labute approximate surface area is 107 Å². The maximum atomic E-state index is 11.8. The Bertz CT molecular complexity index is 527. The van der Waals surface area contributed by atoms with Crippen molar-refractivity contribution in [2.24, 2.45) is 5.41 Å². The van der Waals surface area contributed by atoms with E-state index in [4.69, 9.17) is 4.74 Å². The average molecular weight is 240 g/mol. The summed E-state index contributed by atoms with van der Waals surface area (Å²) in [4.78, 5) is 11.8. The van der Waals surface area contributed by atoms with Crippen LogP contribution in [0, 0.1) is 5.41 Å². The molecule has 2 aliphatic rings. The molecule has 0 unspecified atom stereocenters. The Hall–Kier alpha value is -1.83. The van der Waals surface area contributed by atoms with Crippen LogP contribution in [0.3, 0.4) is 0 Å². The number of allylic oxidation sites excluding steroid dienone is 2. The molecular formula is C16H16O2. The summed E-state index contributed by atoms with van der Waals surface area (Å²) in [6.07, 6.45) is 7.32. The number of hydrogen-bond donors (Lipinski definition) is 0. The van der Waals surface area contributed by atoms with E-state index >= 15 is 0 Å². The third kappa shape index (κ3) is 1.78. The van der Waals surface area contributed by atoms with E-state index in [1.54, 1.807) is 0 Å². The van der Waals surface area contributed by atoms with Crippen molar-refractivity contribution in [2.45, 2.75) is 19.3 Å². The van der Waals surface area contributed by atoms with Gasteiger partial charge in [-0.15, -0.1) is 0 Å². The lowest BCUT2D eigenvalue weighted by atomic mass is 9.84. The predicted molar refractivity (Wildman–Crippen MR) is 70.1 cm³/mol. The van der Waals surface area contributed by atoms with Crippen LogP contribution in [-0.4, -0.2) is 12.6 Å². The zero-order valence-electron chi connectivity index (χ0n) is 10.4. The lowest BCUT2D eigenvalue weighted by Crippen LogP contribution is -2.15. The maximum absolute atomic E-state index is 11.8. The molecule has 1 fully saturated rings. The van der Waals surface area contributed by atoms with E-state index in [1.807, 2.05) is 18.2 Å². The zero-order valence-corrected chi connectivity index (χ0v) is 10.4. The van der Waals surface area contributed by atoms with E-state index in [-0.39, 0.29) is 17.3 Å². The molecule has 18 heavy (non-hydrogen) atoms. The van der Waals surface area contributed by atoms with Crippen LogP contribution in [0.2, 0.25) is 0 Å². The Morgan fingerprint density at radius 2 is 2.06 bits per heavy atom. The molecule has 1 heterocycles. The molecule has 0 amide bonds. The van der Waals surface area contributed by atoms with Gasteiger partial charge in [-0.1, -0.05) is 48.6 Å². The molecule has 1 aromatic carbocycles. The van der Waals surface area contributed by atoms with Gasteiger partial charge in [0.25, 0.3) is 0 Å². The fraction of sp³-hybridized carbons (Fsp3) is 0.312. The molecule has 3 rings (SSSR count). The second-order valence-corrected chi connectivity index (χ2v) is 5.23. The van der Waals surface area contributed by atoms with Crippen LogP contribution in [0.1, 0.15) is 24.8 Å². The van der Waals surface area contributed by atoms with Gasteiger partial charge < -0.3 is 4.74 Å². The standard InChI is InChI=1S/C16H16O2/c1-16-9-5-8-13(12-6-3-2-4-7-12)10-14(16)15(17)18-11-16/h2-7,9-10,13H,8,11H2,1H3/t13-,16-/m1/s1. The van der Waals surface area contributed by atoms with Crippen LogP contribution in [-0.2, 0) is 9.53 Å². The molecule has 92 valence electrons. The number of esters is 1. The first kappa shape index (κ1) is 11.3. The Kier molecular flexibility index (Phi) is 2.58. The van der Waals surface area contributed by atoms with E-state index in [1.165, 1.54) is 5.56 Å². The van der Waals surface area contributed by atoms with E-state index in [0.717, 1.165) is 12.0 Å². The predicted octanol–water partition coefficient (Wildman–Crippen LogP) is 3.22. The Morgan fingerprint density at radius 3 is 2.83 bits per heavy atom. The van der Waals surface area contributed by atoms with Crippen molar-refractivity contribution in [1.29, 1.82) is 0 Å². The number of fused-ring (bicyclic) bond motifs is 1. The van der Waals surface area contributed by atoms with Gasteiger partial charge in [0.2, 0.25) is 0 Å². The molecule has 1 aliphatic heterocycles. The molecule has 0 saturated carbocycles. The number of carbonyl (C=O) groups excluding carboxylic acids is 1. The van der Waals surface area contributed by atoms with E-state index < -0.39 is 0 Å². The number of cyclic esters (lactones) is 1. The fourth-order valence-electron chi connectivity index (χ4n) is 2.68. The van der Waals surface area contributed by atoms with Gasteiger partial charge in [-0.2, -0.15) is 0 Å². The second kappa shape index (κ2) is 4.13. The highest BCUT2D eigenvalue weighted by atomic mass is 16.5. The summed E-state index contributed by atoms with van der Waals surface area (Å²) in [6, 6.07) is 10.3. The molecule has 1 aromatic rings. The average Bonchev–Trinajstić information content (AvgIpc) is 2.59. The number of hydrogen-bond acceptors (Lipinski definition) is 2. The highest BCUT2D eigenvalue weighted by molar-refractivity contribution is 5.93. The molecular weight excluding hydrogens is 224 g/mol. The van der Waals surface area contributed by atoms with Crippen molar-refractivity contribution in [1.82, 2.24) is 0 Å². The van der Waals surface area contributed by atoms with Crippen LogP contribution in [0.15, 0.2) is 54.1 Å². The zero-order chi connectivity index (χ0) is 12.6. The second-order valence-electron chi connectivity index (χ2n) is 5.23. The van der Waals surface area contributed by atoms with Crippen molar-refractivity contribution >= 4 is 5.97 Å². The highest BCUT2D eigenvalue weighted by Gasteiger charge is 2.41. The topological polar surface area (TPSA) is 26.3 Å². The van der Waals surface area contributed by atoms with Crippen molar-refractivity contribution in [3.63, 3.8) is 0 Å². The van der Waals surface area contributed by atoms with Crippen LogP contribution in [0.5, 0.6) is 0 Å². The Balaban J connectivity index is 2.03. The highest BCUT2D eigenvalue weighted by Crippen LogP contribution is 2.41. The van der Waals surface area contributed by atoms with Gasteiger partial charge in [0.05, 0.1) is 5.41 Å². The molecule has 0 N–H and O–H groups in total. The molecule has 1 aliphatic carbocycles.